The summed E-state index contributed by atoms with van der Waals surface area (Å²) in [5.74, 6) is -0.786. The van der Waals surface area contributed by atoms with E-state index in [0.29, 0.717) is 37.4 Å². The maximum atomic E-state index is 14.5. The Labute approximate surface area is 260 Å². The van der Waals surface area contributed by atoms with Crippen LogP contribution in [0.5, 0.6) is 0 Å². The minimum atomic E-state index is -0.550. The maximum absolute atomic E-state index is 14.5. The Morgan fingerprint density at radius 2 is 1.80 bits per heavy atom. The van der Waals surface area contributed by atoms with Gasteiger partial charge in [0.05, 0.1) is 17.8 Å². The van der Waals surface area contributed by atoms with Crippen molar-refractivity contribution in [3.63, 3.8) is 0 Å². The van der Waals surface area contributed by atoms with Gasteiger partial charge in [0.2, 0.25) is 5.91 Å². The molecule has 0 radical (unpaired) electrons. The number of fused-ring (bicyclic) bond motifs is 4. The van der Waals surface area contributed by atoms with Crippen molar-refractivity contribution in [1.82, 2.24) is 4.57 Å². The molecule has 3 aromatic carbocycles. The molecular weight excluding hydrogens is 579 g/mol. The van der Waals surface area contributed by atoms with Gasteiger partial charge < -0.3 is 19.7 Å². The molecule has 1 N–H and O–H groups in total. The minimum absolute atomic E-state index is 0.0161. The molecule has 2 amide bonds. The number of carbonyl (C=O) groups excluding carboxylic acids is 2. The van der Waals surface area contributed by atoms with E-state index >= 15 is 0 Å². The van der Waals surface area contributed by atoms with Crippen molar-refractivity contribution in [2.45, 2.75) is 39.2 Å². The zero-order valence-electron chi connectivity index (χ0n) is 24.7. The van der Waals surface area contributed by atoms with Gasteiger partial charge in [-0.2, -0.15) is 0 Å². The minimum Gasteiger partial charge on any atom is -0.369 e. The molecule has 2 unspecified atom stereocenters. The second-order valence-corrected chi connectivity index (χ2v) is 12.1. The number of carbonyl (C=O) groups is 2. The van der Waals surface area contributed by atoms with Crippen LogP contribution in [0.2, 0.25) is 5.02 Å². The van der Waals surface area contributed by atoms with E-state index in [0.717, 1.165) is 29.1 Å². The number of aryl methyl sites for hydroxylation is 1. The monoisotopic (exact) mass is 612 g/mol. The molecule has 2 aliphatic rings. The molecule has 0 spiro atoms. The van der Waals surface area contributed by atoms with Gasteiger partial charge in [-0.3, -0.25) is 14.4 Å². The topological polar surface area (TPSA) is 74.7 Å². The van der Waals surface area contributed by atoms with Crippen LogP contribution in [-0.4, -0.2) is 36.0 Å². The van der Waals surface area contributed by atoms with Crippen molar-refractivity contribution in [2.75, 3.05) is 34.8 Å². The number of halogens is 2. The summed E-state index contributed by atoms with van der Waals surface area (Å²) in [6, 6.07) is 22.9. The Morgan fingerprint density at radius 3 is 2.57 bits per heavy atom. The van der Waals surface area contributed by atoms with Gasteiger partial charge in [0.25, 0.3) is 11.5 Å². The number of nitrogens with one attached hydrogen (secondary N) is 1. The van der Waals surface area contributed by atoms with Gasteiger partial charge in [-0.25, -0.2) is 4.39 Å². The largest absolute Gasteiger partial charge is 0.369 e. The van der Waals surface area contributed by atoms with Crippen molar-refractivity contribution in [1.29, 1.82) is 0 Å². The number of aromatic nitrogens is 1. The zero-order chi connectivity index (χ0) is 31.0. The molecule has 44 heavy (non-hydrogen) atoms. The highest BCUT2D eigenvalue weighted by atomic mass is 35.5. The highest BCUT2D eigenvalue weighted by Gasteiger charge is 2.35. The summed E-state index contributed by atoms with van der Waals surface area (Å²) in [5.41, 5.74) is 4.65. The van der Waals surface area contributed by atoms with Crippen LogP contribution in [0.25, 0.3) is 0 Å². The number of benzene rings is 3. The third-order valence-corrected chi connectivity index (χ3v) is 8.97. The van der Waals surface area contributed by atoms with Gasteiger partial charge in [0.15, 0.2) is 0 Å². The third-order valence-electron chi connectivity index (χ3n) is 8.61. The normalized spacial score (nSPS) is 17.1. The number of anilines is 3. The fraction of sp³-hybridized carbons (Fsp3) is 0.286. The van der Waals surface area contributed by atoms with Crippen molar-refractivity contribution in [3.8, 4) is 0 Å². The number of nitrogens with zero attached hydrogens (tertiary/aromatic N) is 3. The molecule has 6 rings (SSSR count). The summed E-state index contributed by atoms with van der Waals surface area (Å²) in [5, 5.41) is 3.15. The van der Waals surface area contributed by atoms with Crippen molar-refractivity contribution in [2.24, 2.45) is 5.92 Å². The molecule has 226 valence electrons. The average Bonchev–Trinajstić information content (AvgIpc) is 3.00. The number of hydrogen-bond acceptors (Lipinski definition) is 4. The third kappa shape index (κ3) is 5.86. The van der Waals surface area contributed by atoms with Crippen LogP contribution in [-0.2, 0) is 17.8 Å². The fourth-order valence-electron chi connectivity index (χ4n) is 6.59. The van der Waals surface area contributed by atoms with Crippen molar-refractivity contribution in [3.05, 3.63) is 122 Å². The van der Waals surface area contributed by atoms with Gasteiger partial charge in [-0.15, -0.1) is 0 Å². The van der Waals surface area contributed by atoms with Crippen LogP contribution in [0.15, 0.2) is 83.7 Å². The first-order valence-corrected chi connectivity index (χ1v) is 15.3. The lowest BCUT2D eigenvalue weighted by atomic mass is 9.83. The number of piperidine rings is 1. The molecule has 0 aliphatic carbocycles. The first kappa shape index (κ1) is 29.6. The Bertz CT molecular complexity index is 1780. The van der Waals surface area contributed by atoms with Gasteiger partial charge in [0.1, 0.15) is 5.82 Å². The van der Waals surface area contributed by atoms with E-state index in [9.17, 15) is 18.8 Å². The van der Waals surface area contributed by atoms with Gasteiger partial charge in [-0.05, 0) is 80.3 Å². The number of pyridine rings is 1. The van der Waals surface area contributed by atoms with Crippen LogP contribution < -0.4 is 20.7 Å². The second-order valence-electron chi connectivity index (χ2n) is 11.6. The quantitative estimate of drug-likeness (QED) is 0.261. The number of rotatable bonds is 7. The average molecular weight is 613 g/mol. The molecule has 3 heterocycles. The molecule has 4 aromatic rings. The molecule has 0 saturated carbocycles. The summed E-state index contributed by atoms with van der Waals surface area (Å²) < 4.78 is 16.4. The highest BCUT2D eigenvalue weighted by Crippen LogP contribution is 2.39. The second kappa shape index (κ2) is 12.3. The molecule has 2 aliphatic heterocycles. The summed E-state index contributed by atoms with van der Waals surface area (Å²) in [6.45, 7) is 6.34. The molecule has 2 bridgehead atoms. The van der Waals surface area contributed by atoms with Gasteiger partial charge in [-0.1, -0.05) is 35.9 Å². The number of hydrogen-bond donors (Lipinski definition) is 1. The van der Waals surface area contributed by atoms with E-state index in [4.69, 9.17) is 11.6 Å². The smallest absolute Gasteiger partial charge is 0.258 e. The van der Waals surface area contributed by atoms with Crippen molar-refractivity contribution < 1.29 is 14.0 Å². The van der Waals surface area contributed by atoms with Crippen LogP contribution in [0.4, 0.5) is 21.5 Å². The van der Waals surface area contributed by atoms with E-state index in [-0.39, 0.29) is 40.3 Å². The fourth-order valence-corrected chi connectivity index (χ4v) is 6.82. The Morgan fingerprint density at radius 1 is 1.00 bits per heavy atom. The highest BCUT2D eigenvalue weighted by molar-refractivity contribution is 6.31. The Kier molecular flexibility index (Phi) is 8.27. The first-order chi connectivity index (χ1) is 21.2. The van der Waals surface area contributed by atoms with E-state index < -0.39 is 11.7 Å². The van der Waals surface area contributed by atoms with Gasteiger partial charge in [0, 0.05) is 65.7 Å². The standard InChI is InChI=1S/C35H34ClFN4O3/c1-3-40(26-8-4-7-22(2)15-26)35(44)24-13-14-32(30(17-24)38-33(42)18-27-28(36)9-5-10-29(27)37)39-19-23-16-25(21-39)31-11-6-12-34(43)41(31)20-23/h4-15,17,23,25H,3,16,18-21H2,1-2H3,(H,38,42). The summed E-state index contributed by atoms with van der Waals surface area (Å²) in [6.07, 6.45) is 0.723. The lowest BCUT2D eigenvalue weighted by Gasteiger charge is -2.44. The summed E-state index contributed by atoms with van der Waals surface area (Å²) in [4.78, 5) is 43.7. The molecule has 9 heteroatoms. The molecular formula is C35H34ClFN4O3. The molecule has 7 nitrogen and oxygen atoms in total. The van der Waals surface area contributed by atoms with Crippen molar-refractivity contribution >= 4 is 40.5 Å². The van der Waals surface area contributed by atoms with Gasteiger partial charge >= 0.3 is 0 Å². The van der Waals surface area contributed by atoms with E-state index in [1.54, 1.807) is 35.2 Å². The molecule has 2 atom stereocenters. The molecule has 1 fully saturated rings. The predicted molar refractivity (Wildman–Crippen MR) is 172 cm³/mol. The predicted octanol–water partition coefficient (Wildman–Crippen LogP) is 6.42. The maximum Gasteiger partial charge on any atom is 0.258 e. The van der Waals surface area contributed by atoms with Crippen LogP contribution in [0.1, 0.15) is 46.4 Å². The van der Waals surface area contributed by atoms with Crippen LogP contribution in [0.3, 0.4) is 0 Å². The van der Waals surface area contributed by atoms with E-state index in [1.807, 2.05) is 54.8 Å². The molecule has 1 aromatic heterocycles. The lowest BCUT2D eigenvalue weighted by molar-refractivity contribution is -0.115. The number of amides is 2. The first-order valence-electron chi connectivity index (χ1n) is 14.9. The lowest BCUT2D eigenvalue weighted by Crippen LogP contribution is -2.47. The van der Waals surface area contributed by atoms with E-state index in [1.165, 1.54) is 12.1 Å². The van der Waals surface area contributed by atoms with Crippen LogP contribution in [0, 0.1) is 18.7 Å². The Balaban J connectivity index is 1.35. The Hall–Kier alpha value is -4.43. The van der Waals surface area contributed by atoms with E-state index in [2.05, 4.69) is 10.2 Å². The summed E-state index contributed by atoms with van der Waals surface area (Å²) in [7, 11) is 0. The SMILES string of the molecule is CCN(C(=O)c1ccc(N2CC3CC(C2)c2cccc(=O)n2C3)c(NC(=O)Cc2c(F)cccc2Cl)c1)c1cccc(C)c1. The summed E-state index contributed by atoms with van der Waals surface area (Å²) >= 11 is 6.22. The van der Waals surface area contributed by atoms with Crippen LogP contribution >= 0.6 is 11.6 Å². The zero-order valence-corrected chi connectivity index (χ0v) is 25.5. The molecule has 1 saturated heterocycles.